The summed E-state index contributed by atoms with van der Waals surface area (Å²) in [4.78, 5) is 14.5. The third-order valence-electron chi connectivity index (χ3n) is 2.30. The average Bonchev–Trinajstić information content (AvgIpc) is 2.38. The largest absolute Gasteiger partial charge is 0.434 e. The maximum Gasteiger partial charge on any atom is 0.331 e. The van der Waals surface area contributed by atoms with Crippen LogP contribution < -0.4 is 10.1 Å². The van der Waals surface area contributed by atoms with E-state index in [4.69, 9.17) is 4.74 Å². The smallest absolute Gasteiger partial charge is 0.331 e. The van der Waals surface area contributed by atoms with Crippen LogP contribution in [0, 0.1) is 10.1 Å². The molecule has 1 N–H and O–H groups in total. The Hall–Kier alpha value is -2.15. The molecule has 0 spiro atoms. The van der Waals surface area contributed by atoms with Gasteiger partial charge in [0.25, 0.3) is 0 Å². The van der Waals surface area contributed by atoms with E-state index in [0.717, 1.165) is 4.47 Å². The number of rotatable bonds is 4. The Balaban J connectivity index is 2.39. The van der Waals surface area contributed by atoms with Crippen LogP contribution in [0.5, 0.6) is 11.6 Å². The van der Waals surface area contributed by atoms with Crippen LogP contribution in [-0.4, -0.2) is 17.0 Å². The van der Waals surface area contributed by atoms with Crippen molar-refractivity contribution in [2.75, 3.05) is 12.4 Å². The monoisotopic (exact) mass is 323 g/mol. The van der Waals surface area contributed by atoms with Gasteiger partial charge >= 0.3 is 11.6 Å². The van der Waals surface area contributed by atoms with Crippen LogP contribution in [0.1, 0.15) is 0 Å². The Labute approximate surface area is 117 Å². The molecule has 0 saturated carbocycles. The van der Waals surface area contributed by atoms with E-state index in [1.54, 1.807) is 25.2 Å². The molecule has 0 saturated heterocycles. The van der Waals surface area contributed by atoms with Gasteiger partial charge in [0.05, 0.1) is 4.92 Å². The van der Waals surface area contributed by atoms with E-state index in [-0.39, 0.29) is 11.6 Å². The molecule has 1 aromatic carbocycles. The standard InChI is InChI=1S/C12H10BrN3O3/c1-14-11-6-5-10(16(17)18)12(15-11)19-9-4-2-3-8(13)7-9/h2-7H,1H3,(H,14,15). The Bertz CT molecular complexity index is 619. The quantitative estimate of drug-likeness (QED) is 0.687. The Morgan fingerprint density at radius 3 is 2.79 bits per heavy atom. The van der Waals surface area contributed by atoms with Crippen molar-refractivity contribution < 1.29 is 9.66 Å². The van der Waals surface area contributed by atoms with Gasteiger partial charge in [0.1, 0.15) is 11.6 Å². The van der Waals surface area contributed by atoms with Gasteiger partial charge in [-0.25, -0.2) is 0 Å². The van der Waals surface area contributed by atoms with Crippen molar-refractivity contribution in [1.29, 1.82) is 0 Å². The zero-order chi connectivity index (χ0) is 13.8. The number of pyridine rings is 1. The molecule has 0 unspecified atom stereocenters. The second-order valence-corrected chi connectivity index (χ2v) is 4.50. The summed E-state index contributed by atoms with van der Waals surface area (Å²) in [6, 6.07) is 9.88. The summed E-state index contributed by atoms with van der Waals surface area (Å²) in [5.41, 5.74) is -0.182. The maximum atomic E-state index is 10.9. The minimum absolute atomic E-state index is 0.0463. The molecule has 0 radical (unpaired) electrons. The highest BCUT2D eigenvalue weighted by atomic mass is 79.9. The van der Waals surface area contributed by atoms with Crippen LogP contribution in [0.25, 0.3) is 0 Å². The molecule has 0 aliphatic rings. The normalized spacial score (nSPS) is 10.0. The van der Waals surface area contributed by atoms with E-state index in [0.29, 0.717) is 11.6 Å². The summed E-state index contributed by atoms with van der Waals surface area (Å²) in [7, 11) is 1.68. The van der Waals surface area contributed by atoms with E-state index < -0.39 is 4.92 Å². The Morgan fingerprint density at radius 1 is 1.37 bits per heavy atom. The number of hydrogen-bond donors (Lipinski definition) is 1. The molecule has 2 aromatic rings. The second kappa shape index (κ2) is 5.66. The number of anilines is 1. The summed E-state index contributed by atoms with van der Waals surface area (Å²) in [6.45, 7) is 0. The fourth-order valence-electron chi connectivity index (χ4n) is 1.43. The molecule has 19 heavy (non-hydrogen) atoms. The lowest BCUT2D eigenvalue weighted by Gasteiger charge is -2.07. The molecule has 6 nitrogen and oxygen atoms in total. The molecule has 1 aromatic heterocycles. The number of benzene rings is 1. The van der Waals surface area contributed by atoms with Crippen molar-refractivity contribution in [3.05, 3.63) is 51.0 Å². The number of nitrogens with one attached hydrogen (secondary N) is 1. The van der Waals surface area contributed by atoms with Crippen molar-refractivity contribution in [2.24, 2.45) is 0 Å². The Morgan fingerprint density at radius 2 is 2.16 bits per heavy atom. The van der Waals surface area contributed by atoms with Gasteiger partial charge in [-0.2, -0.15) is 4.98 Å². The number of nitrogens with zero attached hydrogens (tertiary/aromatic N) is 2. The van der Waals surface area contributed by atoms with Gasteiger partial charge in [0, 0.05) is 17.6 Å². The fourth-order valence-corrected chi connectivity index (χ4v) is 1.81. The molecule has 98 valence electrons. The van der Waals surface area contributed by atoms with Crippen LogP contribution in [-0.2, 0) is 0 Å². The highest BCUT2D eigenvalue weighted by Gasteiger charge is 2.18. The van der Waals surface area contributed by atoms with Gasteiger partial charge in [-0.1, -0.05) is 22.0 Å². The molecule has 0 fully saturated rings. The lowest BCUT2D eigenvalue weighted by Crippen LogP contribution is -1.99. The first-order valence-corrected chi connectivity index (χ1v) is 6.16. The fraction of sp³-hybridized carbons (Fsp3) is 0.0833. The number of aromatic nitrogens is 1. The molecule has 7 heteroatoms. The van der Waals surface area contributed by atoms with Crippen molar-refractivity contribution in [2.45, 2.75) is 0 Å². The van der Waals surface area contributed by atoms with E-state index in [1.807, 2.05) is 6.07 Å². The molecule has 2 rings (SSSR count). The summed E-state index contributed by atoms with van der Waals surface area (Å²) < 4.78 is 6.29. The van der Waals surface area contributed by atoms with Gasteiger partial charge in [-0.15, -0.1) is 0 Å². The van der Waals surface area contributed by atoms with Crippen LogP contribution in [0.2, 0.25) is 0 Å². The van der Waals surface area contributed by atoms with E-state index in [2.05, 4.69) is 26.2 Å². The highest BCUT2D eigenvalue weighted by Crippen LogP contribution is 2.31. The average molecular weight is 324 g/mol. The molecule has 0 bridgehead atoms. The number of ether oxygens (including phenoxy) is 1. The van der Waals surface area contributed by atoms with E-state index >= 15 is 0 Å². The minimum atomic E-state index is -0.528. The third kappa shape index (κ3) is 3.19. The third-order valence-corrected chi connectivity index (χ3v) is 2.80. The molecular weight excluding hydrogens is 314 g/mol. The summed E-state index contributed by atoms with van der Waals surface area (Å²) in [5.74, 6) is 0.920. The van der Waals surface area contributed by atoms with Crippen LogP contribution in [0.3, 0.4) is 0 Å². The van der Waals surface area contributed by atoms with E-state index in [1.165, 1.54) is 12.1 Å². The van der Waals surface area contributed by atoms with Gasteiger partial charge in [0.15, 0.2) is 0 Å². The summed E-state index contributed by atoms with van der Waals surface area (Å²) in [5, 5.41) is 13.7. The molecule has 0 atom stereocenters. The number of nitro groups is 1. The first-order chi connectivity index (χ1) is 9.10. The predicted molar refractivity (Wildman–Crippen MR) is 74.7 cm³/mol. The first kappa shape index (κ1) is 13.3. The lowest BCUT2D eigenvalue weighted by atomic mass is 10.3. The van der Waals surface area contributed by atoms with Gasteiger partial charge in [0.2, 0.25) is 0 Å². The maximum absolute atomic E-state index is 10.9. The minimum Gasteiger partial charge on any atom is -0.434 e. The van der Waals surface area contributed by atoms with Crippen LogP contribution in [0.4, 0.5) is 11.5 Å². The van der Waals surface area contributed by atoms with E-state index in [9.17, 15) is 10.1 Å². The topological polar surface area (TPSA) is 77.3 Å². The van der Waals surface area contributed by atoms with Gasteiger partial charge < -0.3 is 10.1 Å². The predicted octanol–water partition coefficient (Wildman–Crippen LogP) is 3.59. The van der Waals surface area contributed by atoms with Crippen molar-refractivity contribution >= 4 is 27.4 Å². The van der Waals surface area contributed by atoms with Crippen molar-refractivity contribution in [1.82, 2.24) is 4.98 Å². The van der Waals surface area contributed by atoms with Gasteiger partial charge in [-0.05, 0) is 24.3 Å². The molecule has 0 amide bonds. The van der Waals surface area contributed by atoms with Crippen LogP contribution >= 0.6 is 15.9 Å². The summed E-state index contributed by atoms with van der Waals surface area (Å²) in [6.07, 6.45) is 0. The zero-order valence-corrected chi connectivity index (χ0v) is 11.5. The molecule has 0 aliphatic carbocycles. The summed E-state index contributed by atoms with van der Waals surface area (Å²) >= 11 is 3.30. The van der Waals surface area contributed by atoms with Gasteiger partial charge in [-0.3, -0.25) is 10.1 Å². The van der Waals surface area contributed by atoms with Crippen LogP contribution in [0.15, 0.2) is 40.9 Å². The van der Waals surface area contributed by atoms with Crippen molar-refractivity contribution in [3.63, 3.8) is 0 Å². The zero-order valence-electron chi connectivity index (χ0n) is 9.96. The second-order valence-electron chi connectivity index (χ2n) is 3.59. The first-order valence-electron chi connectivity index (χ1n) is 5.37. The molecular formula is C12H10BrN3O3. The molecule has 1 heterocycles. The lowest BCUT2D eigenvalue weighted by molar-refractivity contribution is -0.386. The SMILES string of the molecule is CNc1ccc([N+](=O)[O-])c(Oc2cccc(Br)c2)n1. The molecule has 0 aliphatic heterocycles. The number of hydrogen-bond acceptors (Lipinski definition) is 5. The highest BCUT2D eigenvalue weighted by molar-refractivity contribution is 9.10. The van der Waals surface area contributed by atoms with Crippen molar-refractivity contribution in [3.8, 4) is 11.6 Å². The Kier molecular flexibility index (Phi) is 3.96. The number of halogens is 1.